The van der Waals surface area contributed by atoms with Gasteiger partial charge in [0.2, 0.25) is 0 Å². The molecule has 0 aromatic carbocycles. The van der Waals surface area contributed by atoms with Gasteiger partial charge in [-0.1, -0.05) is 0 Å². The number of hydrogen-bond acceptors (Lipinski definition) is 6. The Labute approximate surface area is 172 Å². The molecule has 0 spiro atoms. The standard InChI is InChI=1S/3CH2F3NO2S.Yb/c3*2-1(3,4)8(5,6)7;/h3*(H2,5,6,7);. The summed E-state index contributed by atoms with van der Waals surface area (Å²) < 4.78 is 153. The number of halogens is 9. The van der Waals surface area contributed by atoms with Crippen LogP contribution in [-0.2, 0) is 30.1 Å². The van der Waals surface area contributed by atoms with E-state index in [1.54, 1.807) is 0 Å². The van der Waals surface area contributed by atoms with Gasteiger partial charge in [-0.25, -0.2) is 40.7 Å². The third-order valence-corrected chi connectivity index (χ3v) is 2.90. The zero-order chi connectivity index (χ0) is 21.0. The van der Waals surface area contributed by atoms with Crippen LogP contribution in [0.3, 0.4) is 0 Å². The molecule has 25 heavy (non-hydrogen) atoms. The summed E-state index contributed by atoms with van der Waals surface area (Å²) in [4.78, 5) is 0. The Hall–Kier alpha value is 0.619. The van der Waals surface area contributed by atoms with Crippen molar-refractivity contribution in [1.82, 2.24) is 0 Å². The van der Waals surface area contributed by atoms with Crippen molar-refractivity contribution < 1.29 is 112 Å². The van der Waals surface area contributed by atoms with Gasteiger partial charge in [0.25, 0.3) is 0 Å². The van der Waals surface area contributed by atoms with Gasteiger partial charge in [0, 0.05) is 46.9 Å². The largest absolute Gasteiger partial charge is 0.511 e. The van der Waals surface area contributed by atoms with Crippen molar-refractivity contribution >= 4 is 30.1 Å². The van der Waals surface area contributed by atoms with E-state index in [0.29, 0.717) is 0 Å². The van der Waals surface area contributed by atoms with E-state index in [-0.39, 0.29) is 46.9 Å². The number of sulfonamides is 3. The quantitative estimate of drug-likeness (QED) is 0.304. The molecule has 0 saturated carbocycles. The van der Waals surface area contributed by atoms with Crippen molar-refractivity contribution in [3.05, 3.63) is 0 Å². The average Bonchev–Trinajstić information content (AvgIpc) is 2.08. The second-order valence-corrected chi connectivity index (χ2v) is 7.63. The van der Waals surface area contributed by atoms with E-state index in [4.69, 9.17) is 0 Å². The molecule has 0 aromatic rings. The van der Waals surface area contributed by atoms with E-state index in [1.165, 1.54) is 0 Å². The van der Waals surface area contributed by atoms with Gasteiger partial charge in [-0.2, -0.15) is 39.5 Å². The molecular weight excluding hydrogens is 614 g/mol. The summed E-state index contributed by atoms with van der Waals surface area (Å²) in [6.45, 7) is 0. The van der Waals surface area contributed by atoms with Crippen molar-refractivity contribution in [1.29, 1.82) is 0 Å². The Bertz CT molecular complexity index is 605. The fourth-order valence-electron chi connectivity index (χ4n) is 0. The molecule has 0 aromatic heterocycles. The van der Waals surface area contributed by atoms with Crippen LogP contribution in [0.1, 0.15) is 0 Å². The van der Waals surface area contributed by atoms with Crippen LogP contribution in [0.5, 0.6) is 0 Å². The van der Waals surface area contributed by atoms with Crippen LogP contribution < -0.4 is 15.4 Å². The number of rotatable bonds is 0. The van der Waals surface area contributed by atoms with Crippen LogP contribution in [0.2, 0.25) is 0 Å². The Kier molecular flexibility index (Phi) is 13.6. The van der Waals surface area contributed by atoms with Gasteiger partial charge in [0.05, 0.1) is 0 Å². The Balaban J connectivity index is -0.000000130. The van der Waals surface area contributed by atoms with Crippen LogP contribution in [0.4, 0.5) is 39.5 Å². The molecule has 0 aliphatic rings. The Morgan fingerprint density at radius 3 is 0.480 bits per heavy atom. The van der Waals surface area contributed by atoms with Gasteiger partial charge in [0.15, 0.2) is 0 Å². The molecule has 0 saturated heterocycles. The summed E-state index contributed by atoms with van der Waals surface area (Å²) in [6.07, 6.45) is 0. The van der Waals surface area contributed by atoms with Crippen molar-refractivity contribution in [3.63, 3.8) is 0 Å². The van der Waals surface area contributed by atoms with Crippen LogP contribution in [-0.4, -0.2) is 41.8 Å². The van der Waals surface area contributed by atoms with Crippen LogP contribution in [0, 0.1) is 46.9 Å². The Morgan fingerprint density at radius 1 is 0.440 bits per heavy atom. The Morgan fingerprint density at radius 2 is 0.480 bits per heavy atom. The zero-order valence-electron chi connectivity index (χ0n) is 10.6. The predicted molar refractivity (Wildman–Crippen MR) is 57.5 cm³/mol. The van der Waals surface area contributed by atoms with E-state index in [2.05, 4.69) is 15.4 Å². The smallest absolute Gasteiger partial charge is 0.221 e. The monoisotopic (exact) mass is 621 g/mol. The van der Waals surface area contributed by atoms with Crippen LogP contribution >= 0.6 is 0 Å². The van der Waals surface area contributed by atoms with E-state index in [0.717, 1.165) is 0 Å². The molecule has 0 unspecified atom stereocenters. The van der Waals surface area contributed by atoms with E-state index < -0.39 is 46.6 Å². The first-order chi connectivity index (χ1) is 9.75. The third kappa shape index (κ3) is 16.5. The molecule has 0 aliphatic carbocycles. The van der Waals surface area contributed by atoms with E-state index in [9.17, 15) is 64.8 Å². The first-order valence-electron chi connectivity index (χ1n) is 4.02. The summed E-state index contributed by atoms with van der Waals surface area (Å²) in [5.41, 5.74) is -15.9. The van der Waals surface area contributed by atoms with Crippen molar-refractivity contribution in [2.45, 2.75) is 16.5 Å². The second kappa shape index (κ2) is 10.2. The van der Waals surface area contributed by atoms with Crippen LogP contribution in [0.15, 0.2) is 0 Å². The maximum Gasteiger partial charge on any atom is 0.511 e. The molecule has 0 rings (SSSR count). The first-order valence-corrected chi connectivity index (χ1v) is 8.66. The van der Waals surface area contributed by atoms with E-state index >= 15 is 0 Å². The number of primary sulfonamides is 3. The molecule has 0 radical (unpaired) electrons. The summed E-state index contributed by atoms with van der Waals surface area (Å²) in [5, 5.41) is 11.0. The molecule has 22 heteroatoms. The normalized spacial score (nSPS) is 13.4. The van der Waals surface area contributed by atoms with Gasteiger partial charge in [0.1, 0.15) is 0 Å². The summed E-state index contributed by atoms with van der Waals surface area (Å²) in [5.74, 6) is 0. The molecule has 0 fully saturated rings. The molecule has 0 heterocycles. The van der Waals surface area contributed by atoms with Gasteiger partial charge in [-0.15, -0.1) is 0 Å². The summed E-state index contributed by atoms with van der Waals surface area (Å²) in [6, 6.07) is 0. The fraction of sp³-hybridized carbons (Fsp3) is 1.00. The fourth-order valence-corrected chi connectivity index (χ4v) is 0. The minimum Gasteiger partial charge on any atom is -0.221 e. The van der Waals surface area contributed by atoms with Crippen molar-refractivity contribution in [3.8, 4) is 0 Å². The minimum absolute atomic E-state index is 0. The van der Waals surface area contributed by atoms with Crippen molar-refractivity contribution in [2.75, 3.05) is 0 Å². The topological polar surface area (TPSA) is 180 Å². The molecule has 0 amide bonds. The summed E-state index contributed by atoms with van der Waals surface area (Å²) in [7, 11) is -16.0. The molecule has 9 nitrogen and oxygen atoms in total. The molecule has 164 valence electrons. The van der Waals surface area contributed by atoms with Gasteiger partial charge >= 0.3 is 46.6 Å². The maximum absolute atomic E-state index is 10.8. The third-order valence-electron chi connectivity index (χ3n) is 0.968. The number of alkyl halides is 9. The number of nitrogens with two attached hydrogens (primary N) is 3. The van der Waals surface area contributed by atoms with Gasteiger partial charge < -0.3 is 0 Å². The van der Waals surface area contributed by atoms with E-state index in [1.807, 2.05) is 0 Å². The molecule has 0 bridgehead atoms. The molecular formula is C3H6F9N3O6S3Yb. The van der Waals surface area contributed by atoms with Gasteiger partial charge in [-0.3, -0.25) is 0 Å². The predicted octanol–water partition coefficient (Wildman–Crippen LogP) is -0.616. The first kappa shape index (κ1) is 33.2. The van der Waals surface area contributed by atoms with Gasteiger partial charge in [-0.05, 0) is 0 Å². The average molecular weight is 620 g/mol. The summed E-state index contributed by atoms with van der Waals surface area (Å²) >= 11 is 0. The SMILES string of the molecule is NS(=O)(=O)C(F)(F)F.NS(=O)(=O)C(F)(F)F.NS(=O)(=O)C(F)(F)F.[Yb]. The molecule has 6 N–H and O–H groups in total. The second-order valence-electron chi connectivity index (χ2n) is 2.97. The minimum atomic E-state index is -5.34. The maximum atomic E-state index is 10.8. The molecule has 0 aliphatic heterocycles. The van der Waals surface area contributed by atoms with Crippen molar-refractivity contribution in [2.24, 2.45) is 15.4 Å². The molecule has 0 atom stereocenters. The zero-order valence-corrected chi connectivity index (χ0v) is 14.7. The number of hydrogen-bond donors (Lipinski definition) is 3. The van der Waals surface area contributed by atoms with Crippen LogP contribution in [0.25, 0.3) is 0 Å².